The second kappa shape index (κ2) is 5.81. The minimum atomic E-state index is -1.04. The normalized spacial score (nSPS) is 13.7. The zero-order valence-electron chi connectivity index (χ0n) is 11.5. The van der Waals surface area contributed by atoms with E-state index in [1.54, 1.807) is 11.9 Å². The molecule has 0 saturated heterocycles. The summed E-state index contributed by atoms with van der Waals surface area (Å²) >= 11 is 0. The van der Waals surface area contributed by atoms with Gasteiger partial charge in [0.2, 0.25) is 0 Å². The summed E-state index contributed by atoms with van der Waals surface area (Å²) in [5.41, 5.74) is 0.107. The summed E-state index contributed by atoms with van der Waals surface area (Å²) in [5, 5.41) is 8.90. The molecule has 6 heteroatoms. The Balaban J connectivity index is 2.01. The molecule has 0 bridgehead atoms. The third kappa shape index (κ3) is 3.20. The lowest BCUT2D eigenvalue weighted by atomic mass is 10.2. The molecular formula is C14H17NO5. The summed E-state index contributed by atoms with van der Waals surface area (Å²) in [6.45, 7) is -0.0875. The number of rotatable bonds is 6. The average molecular weight is 279 g/mol. The van der Waals surface area contributed by atoms with E-state index in [9.17, 15) is 9.59 Å². The van der Waals surface area contributed by atoms with Crippen LogP contribution in [0.5, 0.6) is 11.5 Å². The van der Waals surface area contributed by atoms with Crippen molar-refractivity contribution in [2.24, 2.45) is 0 Å². The Bertz CT molecular complexity index is 524. The van der Waals surface area contributed by atoms with Crippen molar-refractivity contribution in [2.45, 2.75) is 18.9 Å². The second-order valence-corrected chi connectivity index (χ2v) is 4.70. The molecule has 1 aliphatic rings. The van der Waals surface area contributed by atoms with E-state index >= 15 is 0 Å². The van der Waals surface area contributed by atoms with Crippen LogP contribution >= 0.6 is 0 Å². The molecule has 0 aromatic heterocycles. The number of carbonyl (C=O) groups is 2. The summed E-state index contributed by atoms with van der Waals surface area (Å²) in [4.78, 5) is 24.4. The van der Waals surface area contributed by atoms with Gasteiger partial charge in [0, 0.05) is 13.1 Å². The van der Waals surface area contributed by atoms with E-state index in [1.807, 2.05) is 0 Å². The van der Waals surface area contributed by atoms with Crippen molar-refractivity contribution in [1.82, 2.24) is 4.90 Å². The number of hydrogen-bond acceptors (Lipinski definition) is 4. The monoisotopic (exact) mass is 279 g/mol. The van der Waals surface area contributed by atoms with Crippen LogP contribution in [0.1, 0.15) is 23.2 Å². The van der Waals surface area contributed by atoms with Gasteiger partial charge >= 0.3 is 5.97 Å². The lowest BCUT2D eigenvalue weighted by Crippen LogP contribution is -2.33. The van der Waals surface area contributed by atoms with Crippen LogP contribution in [-0.2, 0) is 4.79 Å². The molecule has 0 spiro atoms. The zero-order valence-corrected chi connectivity index (χ0v) is 11.5. The van der Waals surface area contributed by atoms with Crippen molar-refractivity contribution < 1.29 is 24.2 Å². The Morgan fingerprint density at radius 3 is 2.60 bits per heavy atom. The van der Waals surface area contributed by atoms with Crippen LogP contribution < -0.4 is 9.47 Å². The highest BCUT2D eigenvalue weighted by molar-refractivity contribution is 5.88. The first kappa shape index (κ1) is 14.2. The fourth-order valence-corrected chi connectivity index (χ4v) is 1.83. The molecule has 1 aromatic carbocycles. The van der Waals surface area contributed by atoms with Gasteiger partial charge in [-0.25, -0.2) is 4.79 Å². The van der Waals surface area contributed by atoms with Crippen LogP contribution in [0, 0.1) is 0 Å². The third-order valence-corrected chi connectivity index (χ3v) is 3.25. The van der Waals surface area contributed by atoms with E-state index in [4.69, 9.17) is 14.6 Å². The molecule has 2 rings (SSSR count). The van der Waals surface area contributed by atoms with Crippen molar-refractivity contribution >= 4 is 11.9 Å². The molecule has 1 aliphatic carbocycles. The molecule has 0 aliphatic heterocycles. The molecule has 1 aromatic rings. The zero-order chi connectivity index (χ0) is 14.7. The van der Waals surface area contributed by atoms with Crippen molar-refractivity contribution in [3.05, 3.63) is 23.8 Å². The maximum absolute atomic E-state index is 11.8. The molecule has 6 nitrogen and oxygen atoms in total. The molecule has 1 N–H and O–H groups in total. The quantitative estimate of drug-likeness (QED) is 0.851. The number of ether oxygens (including phenoxy) is 2. The second-order valence-electron chi connectivity index (χ2n) is 4.70. The van der Waals surface area contributed by atoms with Crippen molar-refractivity contribution in [3.63, 3.8) is 0 Å². The Morgan fingerprint density at radius 1 is 1.35 bits per heavy atom. The lowest BCUT2D eigenvalue weighted by Gasteiger charge is -2.17. The van der Waals surface area contributed by atoms with Crippen LogP contribution in [0.3, 0.4) is 0 Å². The molecule has 1 amide bonds. The molecule has 1 saturated carbocycles. The van der Waals surface area contributed by atoms with E-state index < -0.39 is 5.97 Å². The number of nitrogens with zero attached hydrogens (tertiary/aromatic N) is 1. The largest absolute Gasteiger partial charge is 0.493 e. The third-order valence-electron chi connectivity index (χ3n) is 3.25. The SMILES string of the molecule is COc1cc(C(=O)O)ccc1OCC(=O)N(C)C1CC1. The van der Waals surface area contributed by atoms with Crippen molar-refractivity contribution in [3.8, 4) is 11.5 Å². The fraction of sp³-hybridized carbons (Fsp3) is 0.429. The fourth-order valence-electron chi connectivity index (χ4n) is 1.83. The summed E-state index contributed by atoms with van der Waals surface area (Å²) in [6.07, 6.45) is 2.08. The first-order valence-electron chi connectivity index (χ1n) is 6.32. The van der Waals surface area contributed by atoms with Gasteiger partial charge in [-0.1, -0.05) is 0 Å². The summed E-state index contributed by atoms with van der Waals surface area (Å²) in [5.74, 6) is -0.488. The van der Waals surface area contributed by atoms with E-state index in [0.717, 1.165) is 12.8 Å². The van der Waals surface area contributed by atoms with E-state index in [-0.39, 0.29) is 18.1 Å². The van der Waals surface area contributed by atoms with E-state index in [2.05, 4.69) is 0 Å². The van der Waals surface area contributed by atoms with Gasteiger partial charge in [0.15, 0.2) is 18.1 Å². The summed E-state index contributed by atoms with van der Waals surface area (Å²) in [6, 6.07) is 4.61. The van der Waals surface area contributed by atoms with Crippen molar-refractivity contribution in [1.29, 1.82) is 0 Å². The van der Waals surface area contributed by atoms with Crippen LogP contribution in [0.15, 0.2) is 18.2 Å². The number of amides is 1. The van der Waals surface area contributed by atoms with Crippen LogP contribution in [0.25, 0.3) is 0 Å². The maximum Gasteiger partial charge on any atom is 0.335 e. The Hall–Kier alpha value is -2.24. The molecule has 0 heterocycles. The topological polar surface area (TPSA) is 76.1 Å². The molecular weight excluding hydrogens is 262 g/mol. The molecule has 0 atom stereocenters. The van der Waals surface area contributed by atoms with Crippen LogP contribution in [0.4, 0.5) is 0 Å². The van der Waals surface area contributed by atoms with Gasteiger partial charge < -0.3 is 19.5 Å². The van der Waals surface area contributed by atoms with Gasteiger partial charge in [-0.2, -0.15) is 0 Å². The molecule has 0 unspecified atom stereocenters. The number of aromatic carboxylic acids is 1. The molecule has 20 heavy (non-hydrogen) atoms. The summed E-state index contributed by atoms with van der Waals surface area (Å²) in [7, 11) is 3.18. The number of carboxylic acids is 1. The number of benzene rings is 1. The highest BCUT2D eigenvalue weighted by Gasteiger charge is 2.29. The average Bonchev–Trinajstić information content (AvgIpc) is 3.28. The first-order chi connectivity index (χ1) is 9.52. The molecule has 108 valence electrons. The summed E-state index contributed by atoms with van der Waals surface area (Å²) < 4.78 is 10.5. The predicted octanol–water partition coefficient (Wildman–Crippen LogP) is 1.39. The molecule has 1 fully saturated rings. The smallest absolute Gasteiger partial charge is 0.335 e. The highest BCUT2D eigenvalue weighted by Crippen LogP contribution is 2.29. The number of methoxy groups -OCH3 is 1. The number of carbonyl (C=O) groups excluding carboxylic acids is 1. The van der Waals surface area contributed by atoms with Gasteiger partial charge in [-0.3, -0.25) is 4.79 Å². The Kier molecular flexibility index (Phi) is 4.12. The lowest BCUT2D eigenvalue weighted by molar-refractivity contribution is -0.132. The molecule has 0 radical (unpaired) electrons. The Morgan fingerprint density at radius 2 is 2.05 bits per heavy atom. The highest BCUT2D eigenvalue weighted by atomic mass is 16.5. The number of hydrogen-bond donors (Lipinski definition) is 1. The van der Waals surface area contributed by atoms with E-state index in [1.165, 1.54) is 25.3 Å². The minimum absolute atomic E-state index is 0.0875. The number of carboxylic acid groups (broad SMARTS) is 1. The minimum Gasteiger partial charge on any atom is -0.493 e. The van der Waals surface area contributed by atoms with E-state index in [0.29, 0.717) is 17.5 Å². The van der Waals surface area contributed by atoms with Gasteiger partial charge in [-0.05, 0) is 31.0 Å². The van der Waals surface area contributed by atoms with Gasteiger partial charge in [-0.15, -0.1) is 0 Å². The standard InChI is InChI=1S/C14H17NO5/c1-15(10-4-5-10)13(16)8-20-11-6-3-9(14(17)18)7-12(11)19-2/h3,6-7,10H,4-5,8H2,1-2H3,(H,17,18). The van der Waals surface area contributed by atoms with Gasteiger partial charge in [0.1, 0.15) is 0 Å². The van der Waals surface area contributed by atoms with Crippen LogP contribution in [-0.4, -0.2) is 48.7 Å². The maximum atomic E-state index is 11.8. The predicted molar refractivity (Wildman–Crippen MR) is 71.2 cm³/mol. The van der Waals surface area contributed by atoms with Crippen molar-refractivity contribution in [2.75, 3.05) is 20.8 Å². The Labute approximate surface area is 116 Å². The first-order valence-corrected chi connectivity index (χ1v) is 6.32. The van der Waals surface area contributed by atoms with Crippen LogP contribution in [0.2, 0.25) is 0 Å². The number of likely N-dealkylation sites (N-methyl/N-ethyl adjacent to an activating group) is 1. The van der Waals surface area contributed by atoms with Gasteiger partial charge in [0.25, 0.3) is 5.91 Å². The van der Waals surface area contributed by atoms with Gasteiger partial charge in [0.05, 0.1) is 12.7 Å².